The second-order valence-corrected chi connectivity index (χ2v) is 9.46. The van der Waals surface area contributed by atoms with Crippen LogP contribution >= 0.6 is 23.1 Å². The molecular formula is C21H21FN4OS2. The van der Waals surface area contributed by atoms with Gasteiger partial charge < -0.3 is 10.6 Å². The number of amides is 1. The Balaban J connectivity index is 1.36. The number of aromatic nitrogens is 2. The molecule has 29 heavy (non-hydrogen) atoms. The number of carbonyl (C=O) groups excluding carboxylic acids is 1. The van der Waals surface area contributed by atoms with Crippen molar-refractivity contribution < 1.29 is 9.18 Å². The molecule has 0 bridgehead atoms. The predicted molar refractivity (Wildman–Crippen MR) is 115 cm³/mol. The summed E-state index contributed by atoms with van der Waals surface area (Å²) in [5.41, 5.74) is 2.89. The molecule has 1 amide bonds. The predicted octanol–water partition coefficient (Wildman–Crippen LogP) is 5.10. The number of halogens is 1. The number of rotatable bonds is 6. The monoisotopic (exact) mass is 428 g/mol. The van der Waals surface area contributed by atoms with Gasteiger partial charge in [-0.1, -0.05) is 59.5 Å². The van der Waals surface area contributed by atoms with Crippen molar-refractivity contribution in [3.63, 3.8) is 0 Å². The van der Waals surface area contributed by atoms with Crippen molar-refractivity contribution in [1.82, 2.24) is 15.5 Å². The van der Waals surface area contributed by atoms with Crippen LogP contribution in [0, 0.1) is 5.82 Å². The minimum atomic E-state index is -0.350. The molecule has 1 aliphatic carbocycles. The fraction of sp³-hybridized carbons (Fsp3) is 0.286. The van der Waals surface area contributed by atoms with Crippen LogP contribution in [-0.4, -0.2) is 21.4 Å². The van der Waals surface area contributed by atoms with Crippen LogP contribution in [0.25, 0.3) is 0 Å². The van der Waals surface area contributed by atoms with Gasteiger partial charge in [0.05, 0.1) is 17.0 Å². The van der Waals surface area contributed by atoms with E-state index in [0.29, 0.717) is 15.2 Å². The largest absolute Gasteiger partial charge is 0.348 e. The minimum Gasteiger partial charge on any atom is -0.348 e. The van der Waals surface area contributed by atoms with Gasteiger partial charge >= 0.3 is 0 Å². The number of thioether (sulfide) groups is 1. The molecule has 1 heterocycles. The smallest absolute Gasteiger partial charge is 0.233 e. The summed E-state index contributed by atoms with van der Waals surface area (Å²) in [6, 6.07) is 14.8. The molecule has 3 aromatic rings. The van der Waals surface area contributed by atoms with E-state index in [4.69, 9.17) is 0 Å². The Morgan fingerprint density at radius 2 is 2.00 bits per heavy atom. The van der Waals surface area contributed by atoms with Crippen molar-refractivity contribution in [2.45, 2.75) is 41.8 Å². The number of hydrogen-bond acceptors (Lipinski definition) is 6. The van der Waals surface area contributed by atoms with Gasteiger partial charge in [0.15, 0.2) is 4.34 Å². The number of benzene rings is 2. The molecule has 0 saturated heterocycles. The van der Waals surface area contributed by atoms with Crippen LogP contribution in [0.3, 0.4) is 0 Å². The minimum absolute atomic E-state index is 0.0180. The van der Waals surface area contributed by atoms with Crippen molar-refractivity contribution in [3.8, 4) is 0 Å². The third kappa shape index (κ3) is 4.76. The van der Waals surface area contributed by atoms with Crippen LogP contribution in [0.15, 0.2) is 52.9 Å². The molecule has 5 nitrogen and oxygen atoms in total. The van der Waals surface area contributed by atoms with E-state index in [1.807, 2.05) is 19.1 Å². The van der Waals surface area contributed by atoms with Gasteiger partial charge in [0.1, 0.15) is 5.82 Å². The topological polar surface area (TPSA) is 66.9 Å². The lowest BCUT2D eigenvalue weighted by Gasteiger charge is -2.27. The maximum absolute atomic E-state index is 13.8. The van der Waals surface area contributed by atoms with Crippen molar-refractivity contribution >= 4 is 39.8 Å². The van der Waals surface area contributed by atoms with Crippen LogP contribution < -0.4 is 10.6 Å². The first-order chi connectivity index (χ1) is 14.1. The average Bonchev–Trinajstić information content (AvgIpc) is 3.17. The van der Waals surface area contributed by atoms with E-state index >= 15 is 0 Å². The Morgan fingerprint density at radius 1 is 1.21 bits per heavy atom. The van der Waals surface area contributed by atoms with Gasteiger partial charge in [-0.05, 0) is 49.4 Å². The maximum atomic E-state index is 13.8. The molecule has 150 valence electrons. The van der Waals surface area contributed by atoms with Gasteiger partial charge in [-0.2, -0.15) is 0 Å². The van der Waals surface area contributed by atoms with Crippen LogP contribution in [-0.2, 0) is 11.2 Å². The van der Waals surface area contributed by atoms with Gasteiger partial charge in [-0.25, -0.2) is 4.39 Å². The summed E-state index contributed by atoms with van der Waals surface area (Å²) in [6.45, 7) is 1.86. The highest BCUT2D eigenvalue weighted by Gasteiger charge is 2.24. The van der Waals surface area contributed by atoms with Gasteiger partial charge in [0, 0.05) is 0 Å². The van der Waals surface area contributed by atoms with Crippen LogP contribution in [0.2, 0.25) is 0 Å². The molecule has 2 aromatic carbocycles. The zero-order valence-electron chi connectivity index (χ0n) is 15.9. The van der Waals surface area contributed by atoms with E-state index in [1.165, 1.54) is 40.3 Å². The third-order valence-electron chi connectivity index (χ3n) is 4.85. The highest BCUT2D eigenvalue weighted by molar-refractivity contribution is 8.02. The first-order valence-electron chi connectivity index (χ1n) is 9.50. The van der Waals surface area contributed by atoms with E-state index in [9.17, 15) is 9.18 Å². The second kappa shape index (κ2) is 8.92. The van der Waals surface area contributed by atoms with Crippen molar-refractivity contribution in [2.24, 2.45) is 0 Å². The van der Waals surface area contributed by atoms with Gasteiger partial charge in [-0.3, -0.25) is 4.79 Å². The van der Waals surface area contributed by atoms with Crippen molar-refractivity contribution in [2.75, 3.05) is 5.32 Å². The second-order valence-electron chi connectivity index (χ2n) is 6.89. The van der Waals surface area contributed by atoms with E-state index < -0.39 is 0 Å². The molecule has 0 saturated carbocycles. The zero-order chi connectivity index (χ0) is 20.2. The third-order valence-corrected chi connectivity index (χ3v) is 6.88. The molecular weight excluding hydrogens is 407 g/mol. The molecule has 0 fully saturated rings. The highest BCUT2D eigenvalue weighted by Crippen LogP contribution is 2.33. The average molecular weight is 429 g/mol. The van der Waals surface area contributed by atoms with E-state index in [2.05, 4.69) is 33.0 Å². The zero-order valence-corrected chi connectivity index (χ0v) is 17.5. The quantitative estimate of drug-likeness (QED) is 0.535. The lowest BCUT2D eigenvalue weighted by atomic mass is 9.88. The van der Waals surface area contributed by atoms with Crippen LogP contribution in [0.4, 0.5) is 15.2 Å². The van der Waals surface area contributed by atoms with E-state index in [1.54, 1.807) is 18.2 Å². The Bertz CT molecular complexity index is 1010. The fourth-order valence-electron chi connectivity index (χ4n) is 3.38. The summed E-state index contributed by atoms with van der Waals surface area (Å²) in [7, 11) is 0. The summed E-state index contributed by atoms with van der Waals surface area (Å²) in [4.78, 5) is 12.7. The Hall–Kier alpha value is -2.45. The molecule has 0 spiro atoms. The van der Waals surface area contributed by atoms with E-state index in [0.717, 1.165) is 19.3 Å². The fourth-order valence-corrected chi connectivity index (χ4v) is 5.30. The van der Waals surface area contributed by atoms with E-state index in [-0.39, 0.29) is 23.0 Å². The van der Waals surface area contributed by atoms with Gasteiger partial charge in [0.2, 0.25) is 11.0 Å². The summed E-state index contributed by atoms with van der Waals surface area (Å²) < 4.78 is 14.4. The lowest BCUT2D eigenvalue weighted by molar-refractivity contribution is -0.121. The number of hydrogen-bond donors (Lipinski definition) is 2. The Morgan fingerprint density at radius 3 is 2.86 bits per heavy atom. The van der Waals surface area contributed by atoms with Crippen LogP contribution in [0.1, 0.15) is 36.9 Å². The van der Waals surface area contributed by atoms with Gasteiger partial charge in [-0.15, -0.1) is 10.2 Å². The number of carbonyl (C=O) groups is 1. The number of nitrogens with zero attached hydrogens (tertiary/aromatic N) is 2. The molecule has 2 atom stereocenters. The SMILES string of the molecule is CC(Sc1nnc(Nc2ccccc2F)s1)C(=O)NC1CCCc2ccccc21. The Kier molecular flexibility index (Phi) is 6.10. The number of nitrogens with one attached hydrogen (secondary N) is 2. The number of fused-ring (bicyclic) bond motifs is 1. The van der Waals surface area contributed by atoms with Crippen molar-refractivity contribution in [1.29, 1.82) is 0 Å². The van der Waals surface area contributed by atoms with Gasteiger partial charge in [0.25, 0.3) is 0 Å². The number of aryl methyl sites for hydroxylation is 1. The molecule has 2 N–H and O–H groups in total. The molecule has 4 rings (SSSR count). The highest BCUT2D eigenvalue weighted by atomic mass is 32.2. The first-order valence-corrected chi connectivity index (χ1v) is 11.2. The Labute approximate surface area is 177 Å². The maximum Gasteiger partial charge on any atom is 0.233 e. The molecule has 1 aromatic heterocycles. The molecule has 2 unspecified atom stereocenters. The summed E-state index contributed by atoms with van der Waals surface area (Å²) in [6.07, 6.45) is 3.09. The van der Waals surface area contributed by atoms with Crippen LogP contribution in [0.5, 0.6) is 0 Å². The molecule has 8 heteroatoms. The number of anilines is 2. The normalized spacial score (nSPS) is 16.7. The summed E-state index contributed by atoms with van der Waals surface area (Å²) >= 11 is 2.66. The standard InChI is InChI=1S/C21H21FN4OS2/c1-13(19(27)23-17-12-6-8-14-7-2-3-9-15(14)17)28-21-26-25-20(29-21)24-18-11-5-4-10-16(18)22/h2-5,7,9-11,13,17H,6,8,12H2,1H3,(H,23,27)(H,24,25). The van der Waals surface area contributed by atoms with Crippen molar-refractivity contribution in [3.05, 3.63) is 65.5 Å². The summed E-state index contributed by atoms with van der Waals surface area (Å²) in [5.74, 6) is -0.368. The lowest BCUT2D eigenvalue weighted by Crippen LogP contribution is -2.35. The molecule has 0 radical (unpaired) electrons. The number of para-hydroxylation sites is 1. The molecule has 0 aliphatic heterocycles. The summed E-state index contributed by atoms with van der Waals surface area (Å²) in [5, 5.41) is 14.5. The first kappa shape index (κ1) is 19.8. The molecule has 1 aliphatic rings.